The Kier molecular flexibility index (Phi) is 4.17. The Labute approximate surface area is 97.1 Å². The number of hydrogen-bond acceptors (Lipinski definition) is 4. The van der Waals surface area contributed by atoms with Crippen LogP contribution < -0.4 is 5.69 Å². The Balaban J connectivity index is 2.81. The van der Waals surface area contributed by atoms with E-state index in [0.717, 1.165) is 0 Å². The molecule has 1 aromatic heterocycles. The monoisotopic (exact) mass is 245 g/mol. The Morgan fingerprint density at radius 1 is 1.56 bits per heavy atom. The smallest absolute Gasteiger partial charge is 0.344 e. The summed E-state index contributed by atoms with van der Waals surface area (Å²) in [6.45, 7) is 5.55. The highest BCUT2D eigenvalue weighted by Crippen LogP contribution is 2.23. The Bertz CT molecular complexity index is 424. The second kappa shape index (κ2) is 5.20. The third-order valence-electron chi connectivity index (χ3n) is 1.96. The van der Waals surface area contributed by atoms with E-state index in [4.69, 9.17) is 5.11 Å². The van der Waals surface area contributed by atoms with Crippen molar-refractivity contribution in [2.24, 2.45) is 0 Å². The molecule has 16 heavy (non-hydrogen) atoms. The van der Waals surface area contributed by atoms with E-state index in [2.05, 4.69) is 10.2 Å². The number of aromatic amines is 1. The fourth-order valence-corrected chi connectivity index (χ4v) is 2.39. The number of rotatable bonds is 5. The number of hydrogen-bond donors (Lipinski definition) is 2. The van der Waals surface area contributed by atoms with Crippen molar-refractivity contribution < 1.29 is 9.90 Å². The number of nitrogens with zero attached hydrogens (tertiary/aromatic N) is 2. The molecule has 0 fully saturated rings. The van der Waals surface area contributed by atoms with Gasteiger partial charge in [-0.05, 0) is 13.8 Å². The van der Waals surface area contributed by atoms with Crippen LogP contribution in [-0.2, 0) is 4.79 Å². The molecule has 0 radical (unpaired) electrons. The Morgan fingerprint density at radius 3 is 2.69 bits per heavy atom. The van der Waals surface area contributed by atoms with Gasteiger partial charge in [-0.25, -0.2) is 9.89 Å². The molecule has 0 spiro atoms. The van der Waals surface area contributed by atoms with E-state index in [9.17, 15) is 9.59 Å². The topological polar surface area (TPSA) is 88.0 Å². The van der Waals surface area contributed by atoms with E-state index in [1.807, 2.05) is 13.8 Å². The second-order valence-electron chi connectivity index (χ2n) is 3.80. The summed E-state index contributed by atoms with van der Waals surface area (Å²) in [5.74, 6) is -0.853. The fraction of sp³-hybridized carbons (Fsp3) is 0.667. The van der Waals surface area contributed by atoms with E-state index in [1.54, 1.807) is 6.92 Å². The third kappa shape index (κ3) is 3.13. The van der Waals surface area contributed by atoms with Gasteiger partial charge in [0.25, 0.3) is 0 Å². The van der Waals surface area contributed by atoms with Crippen LogP contribution in [0.2, 0.25) is 0 Å². The van der Waals surface area contributed by atoms with Gasteiger partial charge in [0.2, 0.25) is 0 Å². The lowest BCUT2D eigenvalue weighted by Gasteiger charge is -2.11. The van der Waals surface area contributed by atoms with Gasteiger partial charge in [0, 0.05) is 11.3 Å². The molecule has 0 aliphatic heterocycles. The van der Waals surface area contributed by atoms with Crippen molar-refractivity contribution in [1.82, 2.24) is 14.8 Å². The van der Waals surface area contributed by atoms with E-state index < -0.39 is 5.97 Å². The van der Waals surface area contributed by atoms with Crippen molar-refractivity contribution in [3.05, 3.63) is 10.5 Å². The van der Waals surface area contributed by atoms with Gasteiger partial charge in [-0.3, -0.25) is 9.36 Å². The molecule has 1 heterocycles. The van der Waals surface area contributed by atoms with Crippen LogP contribution in [0, 0.1) is 0 Å². The predicted molar refractivity (Wildman–Crippen MR) is 60.8 cm³/mol. The molecule has 90 valence electrons. The van der Waals surface area contributed by atoms with Gasteiger partial charge in [0.05, 0.1) is 6.42 Å². The number of carbonyl (C=O) groups is 1. The average Bonchev–Trinajstić information content (AvgIpc) is 2.45. The zero-order chi connectivity index (χ0) is 12.3. The largest absolute Gasteiger partial charge is 0.481 e. The molecule has 1 rings (SSSR count). The minimum Gasteiger partial charge on any atom is -0.481 e. The van der Waals surface area contributed by atoms with E-state index >= 15 is 0 Å². The molecule has 0 saturated heterocycles. The van der Waals surface area contributed by atoms with Crippen molar-refractivity contribution in [1.29, 1.82) is 0 Å². The lowest BCUT2D eigenvalue weighted by atomic mass is 10.3. The molecule has 1 atom stereocenters. The maximum absolute atomic E-state index is 11.4. The van der Waals surface area contributed by atoms with Gasteiger partial charge in [0.15, 0.2) is 5.16 Å². The van der Waals surface area contributed by atoms with Crippen molar-refractivity contribution >= 4 is 17.7 Å². The first-order valence-electron chi connectivity index (χ1n) is 4.97. The quantitative estimate of drug-likeness (QED) is 0.759. The van der Waals surface area contributed by atoms with Gasteiger partial charge < -0.3 is 5.11 Å². The first-order valence-corrected chi connectivity index (χ1v) is 5.85. The predicted octanol–water partition coefficient (Wildman–Crippen LogP) is 1.11. The number of H-pyrrole nitrogens is 1. The van der Waals surface area contributed by atoms with Crippen LogP contribution in [0.4, 0.5) is 0 Å². The van der Waals surface area contributed by atoms with Crippen LogP contribution in [0.3, 0.4) is 0 Å². The van der Waals surface area contributed by atoms with Crippen molar-refractivity contribution in [3.8, 4) is 0 Å². The Hall–Kier alpha value is -1.24. The SMILES string of the molecule is CC(CC(=O)O)Sc1n[nH]c(=O)n1C(C)C. The van der Waals surface area contributed by atoms with E-state index in [-0.39, 0.29) is 23.4 Å². The molecular formula is C9H15N3O3S. The summed E-state index contributed by atoms with van der Waals surface area (Å²) in [6, 6.07) is 0.00535. The first kappa shape index (κ1) is 12.8. The number of aromatic nitrogens is 3. The highest BCUT2D eigenvalue weighted by atomic mass is 32.2. The molecule has 0 aliphatic carbocycles. The summed E-state index contributed by atoms with van der Waals surface area (Å²) < 4.78 is 1.52. The number of carboxylic acid groups (broad SMARTS) is 1. The Morgan fingerprint density at radius 2 is 2.19 bits per heavy atom. The van der Waals surface area contributed by atoms with Crippen LogP contribution in [0.15, 0.2) is 9.95 Å². The molecule has 0 saturated carbocycles. The van der Waals surface area contributed by atoms with Crippen LogP contribution >= 0.6 is 11.8 Å². The van der Waals surface area contributed by atoms with Crippen LogP contribution in [-0.4, -0.2) is 31.1 Å². The van der Waals surface area contributed by atoms with E-state index in [1.165, 1.54) is 16.3 Å². The molecule has 7 heteroatoms. The number of carboxylic acids is 1. The van der Waals surface area contributed by atoms with Gasteiger partial charge >= 0.3 is 11.7 Å². The average molecular weight is 245 g/mol. The summed E-state index contributed by atoms with van der Waals surface area (Å²) >= 11 is 1.29. The zero-order valence-corrected chi connectivity index (χ0v) is 10.2. The van der Waals surface area contributed by atoms with Crippen LogP contribution in [0.1, 0.15) is 33.2 Å². The number of aliphatic carboxylic acids is 1. The second-order valence-corrected chi connectivity index (χ2v) is 5.21. The minimum absolute atomic E-state index is 0.00535. The molecule has 2 N–H and O–H groups in total. The maximum Gasteiger partial charge on any atom is 0.344 e. The van der Waals surface area contributed by atoms with Crippen molar-refractivity contribution in [2.45, 2.75) is 43.6 Å². The van der Waals surface area contributed by atoms with Gasteiger partial charge in [0.1, 0.15) is 0 Å². The fourth-order valence-electron chi connectivity index (χ4n) is 1.30. The molecule has 0 amide bonds. The molecule has 1 aromatic rings. The van der Waals surface area contributed by atoms with Gasteiger partial charge in [-0.15, -0.1) is 5.10 Å². The zero-order valence-electron chi connectivity index (χ0n) is 9.43. The summed E-state index contributed by atoms with van der Waals surface area (Å²) in [6.07, 6.45) is 0.0454. The summed E-state index contributed by atoms with van der Waals surface area (Å²) in [5.41, 5.74) is -0.264. The molecular weight excluding hydrogens is 230 g/mol. The van der Waals surface area contributed by atoms with Crippen LogP contribution in [0.5, 0.6) is 0 Å². The van der Waals surface area contributed by atoms with Crippen molar-refractivity contribution in [3.63, 3.8) is 0 Å². The molecule has 0 bridgehead atoms. The summed E-state index contributed by atoms with van der Waals surface area (Å²) in [5, 5.41) is 15.3. The highest BCUT2D eigenvalue weighted by molar-refractivity contribution is 7.99. The highest BCUT2D eigenvalue weighted by Gasteiger charge is 2.16. The molecule has 6 nitrogen and oxygen atoms in total. The maximum atomic E-state index is 11.4. The third-order valence-corrected chi connectivity index (χ3v) is 3.02. The van der Waals surface area contributed by atoms with Crippen molar-refractivity contribution in [2.75, 3.05) is 0 Å². The number of nitrogens with one attached hydrogen (secondary N) is 1. The van der Waals surface area contributed by atoms with Crippen LogP contribution in [0.25, 0.3) is 0 Å². The standard InChI is InChI=1S/C9H15N3O3S/c1-5(2)12-8(15)10-11-9(12)16-6(3)4-7(13)14/h5-6H,4H2,1-3H3,(H,10,15)(H,13,14). The van der Waals surface area contributed by atoms with Gasteiger partial charge in [-0.2, -0.15) is 0 Å². The first-order chi connectivity index (χ1) is 7.41. The summed E-state index contributed by atoms with van der Waals surface area (Å²) in [4.78, 5) is 21.9. The lowest BCUT2D eigenvalue weighted by molar-refractivity contribution is -0.136. The lowest BCUT2D eigenvalue weighted by Crippen LogP contribution is -2.20. The minimum atomic E-state index is -0.853. The molecule has 0 aliphatic rings. The molecule has 0 aromatic carbocycles. The normalized spacial score (nSPS) is 13.0. The van der Waals surface area contributed by atoms with Gasteiger partial charge in [-0.1, -0.05) is 18.7 Å². The summed E-state index contributed by atoms with van der Waals surface area (Å²) in [7, 11) is 0. The van der Waals surface area contributed by atoms with E-state index in [0.29, 0.717) is 5.16 Å². The number of thioether (sulfide) groups is 1. The molecule has 1 unspecified atom stereocenters.